The van der Waals surface area contributed by atoms with Crippen LogP contribution in [0.4, 0.5) is 5.69 Å². The van der Waals surface area contributed by atoms with E-state index in [1.807, 2.05) is 0 Å². The maximum Gasteiger partial charge on any atom is 0.234 e. The molecule has 1 aromatic carbocycles. The molecular weight excluding hydrogens is 260 g/mol. The summed E-state index contributed by atoms with van der Waals surface area (Å²) in [4.78, 5) is 24.5. The zero-order chi connectivity index (χ0) is 12.6. The molecule has 1 aliphatic rings. The first-order valence-electron chi connectivity index (χ1n) is 4.96. The SMILES string of the molecule is NC(=S)c1ccc(Cl)cc1N1C(=O)CCC1=O. The van der Waals surface area contributed by atoms with E-state index >= 15 is 0 Å². The highest BCUT2D eigenvalue weighted by atomic mass is 35.5. The van der Waals surface area contributed by atoms with E-state index in [9.17, 15) is 9.59 Å². The van der Waals surface area contributed by atoms with E-state index in [1.54, 1.807) is 12.1 Å². The van der Waals surface area contributed by atoms with Gasteiger partial charge in [0.1, 0.15) is 4.99 Å². The molecule has 1 aliphatic heterocycles. The van der Waals surface area contributed by atoms with Crippen molar-refractivity contribution in [3.05, 3.63) is 28.8 Å². The average molecular weight is 269 g/mol. The van der Waals surface area contributed by atoms with Gasteiger partial charge in [0, 0.05) is 23.4 Å². The lowest BCUT2D eigenvalue weighted by atomic mass is 10.1. The lowest BCUT2D eigenvalue weighted by Crippen LogP contribution is -2.30. The molecular formula is C11H9ClN2O2S. The Kier molecular flexibility index (Phi) is 3.13. The average Bonchev–Trinajstić information content (AvgIpc) is 2.58. The fraction of sp³-hybridized carbons (Fsp3) is 0.182. The molecule has 0 aromatic heterocycles. The molecule has 0 aliphatic carbocycles. The van der Waals surface area contributed by atoms with Crippen LogP contribution in [0.3, 0.4) is 0 Å². The van der Waals surface area contributed by atoms with Gasteiger partial charge in [0.25, 0.3) is 0 Å². The van der Waals surface area contributed by atoms with E-state index in [0.29, 0.717) is 16.3 Å². The Bertz CT molecular complexity index is 514. The summed E-state index contributed by atoms with van der Waals surface area (Å²) in [7, 11) is 0. The van der Waals surface area contributed by atoms with Crippen molar-refractivity contribution in [2.24, 2.45) is 5.73 Å². The summed E-state index contributed by atoms with van der Waals surface area (Å²) >= 11 is 10.8. The number of imide groups is 1. The number of thiocarbonyl (C=S) groups is 1. The molecule has 17 heavy (non-hydrogen) atoms. The molecule has 2 N–H and O–H groups in total. The highest BCUT2D eigenvalue weighted by Gasteiger charge is 2.32. The van der Waals surface area contributed by atoms with E-state index in [1.165, 1.54) is 6.07 Å². The minimum atomic E-state index is -0.255. The van der Waals surface area contributed by atoms with Gasteiger partial charge in [0.15, 0.2) is 0 Å². The van der Waals surface area contributed by atoms with Crippen molar-refractivity contribution in [1.82, 2.24) is 0 Å². The topological polar surface area (TPSA) is 63.4 Å². The Hall–Kier alpha value is -1.46. The predicted octanol–water partition coefficient (Wildman–Crippen LogP) is 1.63. The van der Waals surface area contributed by atoms with Gasteiger partial charge >= 0.3 is 0 Å². The van der Waals surface area contributed by atoms with Crippen molar-refractivity contribution < 1.29 is 9.59 Å². The molecule has 2 rings (SSSR count). The Morgan fingerprint density at radius 3 is 2.41 bits per heavy atom. The largest absolute Gasteiger partial charge is 0.389 e. The second kappa shape index (κ2) is 4.43. The second-order valence-corrected chi connectivity index (χ2v) is 4.52. The van der Waals surface area contributed by atoms with Crippen molar-refractivity contribution >= 4 is 46.3 Å². The molecule has 0 radical (unpaired) electrons. The van der Waals surface area contributed by atoms with Gasteiger partial charge in [0.05, 0.1) is 5.69 Å². The molecule has 4 nitrogen and oxygen atoms in total. The van der Waals surface area contributed by atoms with Crippen LogP contribution in [0.2, 0.25) is 5.02 Å². The maximum atomic E-state index is 11.6. The van der Waals surface area contributed by atoms with E-state index in [-0.39, 0.29) is 29.6 Å². The lowest BCUT2D eigenvalue weighted by molar-refractivity contribution is -0.121. The highest BCUT2D eigenvalue weighted by Crippen LogP contribution is 2.29. The number of anilines is 1. The van der Waals surface area contributed by atoms with Crippen LogP contribution < -0.4 is 10.6 Å². The molecule has 0 atom stereocenters. The van der Waals surface area contributed by atoms with Crippen LogP contribution in [0.5, 0.6) is 0 Å². The number of halogens is 1. The number of hydrogen-bond donors (Lipinski definition) is 1. The van der Waals surface area contributed by atoms with Crippen molar-refractivity contribution in [3.63, 3.8) is 0 Å². The third-order valence-corrected chi connectivity index (χ3v) is 2.97. The van der Waals surface area contributed by atoms with Gasteiger partial charge in [-0.25, -0.2) is 4.90 Å². The minimum Gasteiger partial charge on any atom is -0.389 e. The summed E-state index contributed by atoms with van der Waals surface area (Å²) in [6, 6.07) is 4.75. The number of rotatable bonds is 2. The van der Waals surface area contributed by atoms with Crippen LogP contribution in [0, 0.1) is 0 Å². The number of carbonyl (C=O) groups excluding carboxylic acids is 2. The van der Waals surface area contributed by atoms with Gasteiger partial charge in [-0.2, -0.15) is 0 Å². The van der Waals surface area contributed by atoms with Crippen molar-refractivity contribution in [1.29, 1.82) is 0 Å². The van der Waals surface area contributed by atoms with E-state index < -0.39 is 0 Å². The molecule has 0 saturated carbocycles. The molecule has 0 spiro atoms. The van der Waals surface area contributed by atoms with E-state index in [2.05, 4.69) is 0 Å². The minimum absolute atomic E-state index is 0.129. The van der Waals surface area contributed by atoms with Crippen LogP contribution in [0.15, 0.2) is 18.2 Å². The Labute approximate surface area is 108 Å². The van der Waals surface area contributed by atoms with Crippen LogP contribution in [-0.4, -0.2) is 16.8 Å². The zero-order valence-electron chi connectivity index (χ0n) is 8.77. The second-order valence-electron chi connectivity index (χ2n) is 3.65. The lowest BCUT2D eigenvalue weighted by Gasteiger charge is -2.17. The number of benzene rings is 1. The summed E-state index contributed by atoms with van der Waals surface area (Å²) in [6.07, 6.45) is 0.421. The van der Waals surface area contributed by atoms with Crippen LogP contribution in [-0.2, 0) is 9.59 Å². The molecule has 1 fully saturated rings. The van der Waals surface area contributed by atoms with Gasteiger partial charge in [-0.05, 0) is 18.2 Å². The number of carbonyl (C=O) groups is 2. The quantitative estimate of drug-likeness (QED) is 0.654. The first kappa shape index (κ1) is 12.0. The molecule has 1 aromatic rings. The Balaban J connectivity index is 2.57. The smallest absolute Gasteiger partial charge is 0.234 e. The number of nitrogens with zero attached hydrogens (tertiary/aromatic N) is 1. The van der Waals surface area contributed by atoms with Crippen molar-refractivity contribution in [2.45, 2.75) is 12.8 Å². The van der Waals surface area contributed by atoms with Gasteiger partial charge < -0.3 is 5.73 Å². The van der Waals surface area contributed by atoms with Crippen molar-refractivity contribution in [3.8, 4) is 0 Å². The molecule has 6 heteroatoms. The van der Waals surface area contributed by atoms with Gasteiger partial charge in [-0.15, -0.1) is 0 Å². The summed E-state index contributed by atoms with van der Waals surface area (Å²) in [5.41, 5.74) is 6.41. The summed E-state index contributed by atoms with van der Waals surface area (Å²) in [6.45, 7) is 0. The third kappa shape index (κ3) is 2.16. The Morgan fingerprint density at radius 1 is 1.29 bits per heavy atom. The fourth-order valence-corrected chi connectivity index (χ4v) is 2.08. The van der Waals surface area contributed by atoms with Gasteiger partial charge in [-0.3, -0.25) is 9.59 Å². The normalized spacial score (nSPS) is 15.5. The predicted molar refractivity (Wildman–Crippen MR) is 69.1 cm³/mol. The van der Waals surface area contributed by atoms with E-state index in [0.717, 1.165) is 4.90 Å². The fourth-order valence-electron chi connectivity index (χ4n) is 1.74. The van der Waals surface area contributed by atoms with Gasteiger partial charge in [0.2, 0.25) is 11.8 Å². The van der Waals surface area contributed by atoms with Gasteiger partial charge in [-0.1, -0.05) is 23.8 Å². The monoisotopic (exact) mass is 268 g/mol. The first-order chi connectivity index (χ1) is 8.00. The molecule has 88 valence electrons. The van der Waals surface area contributed by atoms with Crippen LogP contribution >= 0.6 is 23.8 Å². The summed E-state index contributed by atoms with van der Waals surface area (Å²) in [5, 5.41) is 0.424. The molecule has 1 heterocycles. The molecule has 1 saturated heterocycles. The number of amides is 2. The highest BCUT2D eigenvalue weighted by molar-refractivity contribution is 7.80. The summed E-state index contributed by atoms with van der Waals surface area (Å²) < 4.78 is 0. The standard InChI is InChI=1S/C11H9ClN2O2S/c12-6-1-2-7(11(13)17)8(5-6)14-9(15)3-4-10(14)16/h1-2,5H,3-4H2,(H2,13,17). The third-order valence-electron chi connectivity index (χ3n) is 2.52. The van der Waals surface area contributed by atoms with Crippen LogP contribution in [0.25, 0.3) is 0 Å². The summed E-state index contributed by atoms with van der Waals surface area (Å²) in [5.74, 6) is -0.510. The number of nitrogens with two attached hydrogens (primary N) is 1. The molecule has 0 bridgehead atoms. The van der Waals surface area contributed by atoms with Crippen molar-refractivity contribution in [2.75, 3.05) is 4.90 Å². The number of hydrogen-bond acceptors (Lipinski definition) is 3. The zero-order valence-corrected chi connectivity index (χ0v) is 10.3. The van der Waals surface area contributed by atoms with E-state index in [4.69, 9.17) is 29.6 Å². The molecule has 2 amide bonds. The Morgan fingerprint density at radius 2 is 1.88 bits per heavy atom. The first-order valence-corrected chi connectivity index (χ1v) is 5.74. The van der Waals surface area contributed by atoms with Crippen LogP contribution in [0.1, 0.15) is 18.4 Å². The molecule has 0 unspecified atom stereocenters. The maximum absolute atomic E-state index is 11.6.